The van der Waals surface area contributed by atoms with E-state index in [1.807, 2.05) is 13.8 Å². The van der Waals surface area contributed by atoms with Crippen molar-refractivity contribution in [2.24, 2.45) is 11.1 Å². The molecule has 2 atom stereocenters. The molecule has 4 nitrogen and oxygen atoms in total. The van der Waals surface area contributed by atoms with Gasteiger partial charge in [-0.05, 0) is 43.1 Å². The van der Waals surface area contributed by atoms with Crippen molar-refractivity contribution in [3.8, 4) is 0 Å². The molecule has 0 N–H and O–H groups in total. The normalized spacial score (nSPS) is 15.8. The fourth-order valence-corrected chi connectivity index (χ4v) is 4.19. The minimum Gasteiger partial charge on any atom is -0.455 e. The van der Waals surface area contributed by atoms with E-state index in [9.17, 15) is 8.42 Å². The number of benzene rings is 1. The second-order valence-corrected chi connectivity index (χ2v) is 14.8. The lowest BCUT2D eigenvalue weighted by Gasteiger charge is -2.33. The zero-order chi connectivity index (χ0) is 19.5. The van der Waals surface area contributed by atoms with Crippen LogP contribution in [0, 0.1) is 12.8 Å². The average Bonchev–Trinajstić information content (AvgIpc) is 2.50. The number of sulfone groups is 1. The number of hydrogen-bond donors (Lipinski definition) is 0. The predicted molar refractivity (Wildman–Crippen MR) is 108 cm³/mol. The Morgan fingerprint density at radius 2 is 1.72 bits per heavy atom. The van der Waals surface area contributed by atoms with Gasteiger partial charge in [-0.1, -0.05) is 51.5 Å². The molecular weight excluding hydrogens is 350 g/mol. The van der Waals surface area contributed by atoms with Crippen molar-refractivity contribution in [1.29, 1.82) is 0 Å². The Morgan fingerprint density at radius 1 is 1.20 bits per heavy atom. The largest absolute Gasteiger partial charge is 0.455 e. The van der Waals surface area contributed by atoms with Crippen LogP contribution in [0.4, 0.5) is 0 Å². The van der Waals surface area contributed by atoms with E-state index in [-0.39, 0.29) is 15.9 Å². The Bertz CT molecular complexity index is 716. The molecule has 6 heteroatoms. The third kappa shape index (κ3) is 5.28. The van der Waals surface area contributed by atoms with E-state index in [1.54, 1.807) is 30.3 Å². The van der Waals surface area contributed by atoms with Crippen LogP contribution in [-0.4, -0.2) is 28.2 Å². The fraction of sp³-hybridized carbons (Fsp3) is 0.526. The van der Waals surface area contributed by atoms with Crippen LogP contribution in [0.15, 0.2) is 47.0 Å². The van der Waals surface area contributed by atoms with Crippen LogP contribution in [0.25, 0.3) is 0 Å². The molecule has 140 valence electrons. The van der Waals surface area contributed by atoms with Gasteiger partial charge in [0.2, 0.25) is 0 Å². The zero-order valence-corrected chi connectivity index (χ0v) is 18.2. The number of nitrogens with zero attached hydrogens (tertiary/aromatic N) is 1. The molecule has 0 aliphatic rings. The Balaban J connectivity index is 3.16. The van der Waals surface area contributed by atoms with Gasteiger partial charge in [-0.3, -0.25) is 0 Å². The molecule has 25 heavy (non-hydrogen) atoms. The first kappa shape index (κ1) is 21.6. The molecule has 0 aromatic heterocycles. The maximum atomic E-state index is 13.0. The standard InChI is InChI=1S/C19H31NO3SSi/c1-9-16(3)18(14-20-23-25(7,8)19(4,5)6)24(21,22)17-12-10-15(2)11-13-17/h9-14,16,18H,1H2,2-8H3/b20-14-. The van der Waals surface area contributed by atoms with Gasteiger partial charge in [0.25, 0.3) is 8.32 Å². The Labute approximate surface area is 154 Å². The summed E-state index contributed by atoms with van der Waals surface area (Å²) in [5.74, 6) is -0.280. The molecule has 0 bridgehead atoms. The summed E-state index contributed by atoms with van der Waals surface area (Å²) >= 11 is 0. The maximum Gasteiger partial charge on any atom is 0.286 e. The SMILES string of the molecule is C=CC(C)C(/C=N\O[Si](C)(C)C(C)(C)C)S(=O)(=O)c1ccc(C)cc1. The van der Waals surface area contributed by atoms with Gasteiger partial charge in [0.1, 0.15) is 5.25 Å². The van der Waals surface area contributed by atoms with Gasteiger partial charge in [-0.2, -0.15) is 0 Å². The van der Waals surface area contributed by atoms with Crippen LogP contribution in [0.1, 0.15) is 33.3 Å². The van der Waals surface area contributed by atoms with Gasteiger partial charge < -0.3 is 4.53 Å². The van der Waals surface area contributed by atoms with Gasteiger partial charge in [-0.25, -0.2) is 8.42 Å². The Kier molecular flexibility index (Phi) is 6.81. The molecule has 0 saturated heterocycles. The molecule has 0 amide bonds. The molecular formula is C19H31NO3SSi. The van der Waals surface area contributed by atoms with Crippen molar-refractivity contribution in [3.63, 3.8) is 0 Å². The topological polar surface area (TPSA) is 55.7 Å². The lowest BCUT2D eigenvalue weighted by molar-refractivity contribution is 0.309. The summed E-state index contributed by atoms with van der Waals surface area (Å²) < 4.78 is 31.8. The van der Waals surface area contributed by atoms with Gasteiger partial charge >= 0.3 is 0 Å². The third-order valence-corrected chi connectivity index (χ3v) is 11.3. The molecule has 0 spiro atoms. The van der Waals surface area contributed by atoms with Gasteiger partial charge in [0.15, 0.2) is 9.84 Å². The van der Waals surface area contributed by atoms with Crippen molar-refractivity contribution in [3.05, 3.63) is 42.5 Å². The van der Waals surface area contributed by atoms with Crippen molar-refractivity contribution in [2.45, 2.75) is 62.9 Å². The van der Waals surface area contributed by atoms with E-state index in [1.165, 1.54) is 6.21 Å². The van der Waals surface area contributed by atoms with E-state index in [0.717, 1.165) is 5.56 Å². The molecule has 0 fully saturated rings. The average molecular weight is 382 g/mol. The number of oxime groups is 1. The van der Waals surface area contributed by atoms with Crippen LogP contribution in [0.3, 0.4) is 0 Å². The minimum atomic E-state index is -3.57. The molecule has 0 saturated carbocycles. The highest BCUT2D eigenvalue weighted by Gasteiger charge is 2.40. The predicted octanol–water partition coefficient (Wildman–Crippen LogP) is 4.97. The lowest BCUT2D eigenvalue weighted by atomic mass is 10.1. The highest BCUT2D eigenvalue weighted by Crippen LogP contribution is 2.36. The second kappa shape index (κ2) is 7.87. The molecule has 1 rings (SSSR count). The van der Waals surface area contributed by atoms with E-state index in [2.05, 4.69) is 45.6 Å². The molecule has 0 radical (unpaired) electrons. The first-order chi connectivity index (χ1) is 11.3. The summed E-state index contributed by atoms with van der Waals surface area (Å²) in [6, 6.07) is 6.86. The van der Waals surface area contributed by atoms with Crippen LogP contribution >= 0.6 is 0 Å². The highest BCUT2D eigenvalue weighted by molar-refractivity contribution is 7.92. The number of aryl methyl sites for hydroxylation is 1. The molecule has 1 aromatic carbocycles. The van der Waals surface area contributed by atoms with Crippen molar-refractivity contribution < 1.29 is 12.9 Å². The van der Waals surface area contributed by atoms with Crippen LogP contribution in [-0.2, 0) is 14.4 Å². The van der Waals surface area contributed by atoms with E-state index in [0.29, 0.717) is 0 Å². The van der Waals surface area contributed by atoms with Gasteiger partial charge in [-0.15, -0.1) is 11.7 Å². The first-order valence-electron chi connectivity index (χ1n) is 8.48. The number of hydrogen-bond acceptors (Lipinski definition) is 4. The summed E-state index contributed by atoms with van der Waals surface area (Å²) in [5.41, 5.74) is 1.02. The quantitative estimate of drug-likeness (QED) is 0.290. The summed E-state index contributed by atoms with van der Waals surface area (Å²) in [5, 5.41) is 3.29. The Hall–Kier alpha value is -1.40. The summed E-state index contributed by atoms with van der Waals surface area (Å²) in [6.07, 6.45) is 3.05. The molecule has 1 aromatic rings. The van der Waals surface area contributed by atoms with Crippen LogP contribution in [0.2, 0.25) is 18.1 Å². The lowest BCUT2D eigenvalue weighted by Crippen LogP contribution is -2.39. The number of rotatable bonds is 7. The van der Waals surface area contributed by atoms with Crippen molar-refractivity contribution in [2.75, 3.05) is 0 Å². The molecule has 0 aliphatic heterocycles. The Morgan fingerprint density at radius 3 is 2.16 bits per heavy atom. The minimum absolute atomic E-state index is 0.000276. The van der Waals surface area contributed by atoms with Crippen molar-refractivity contribution in [1.82, 2.24) is 0 Å². The number of allylic oxidation sites excluding steroid dienone is 1. The highest BCUT2D eigenvalue weighted by atomic mass is 32.2. The molecule has 0 aliphatic carbocycles. The van der Waals surface area contributed by atoms with Crippen molar-refractivity contribution >= 4 is 24.4 Å². The summed E-state index contributed by atoms with van der Waals surface area (Å²) in [7, 11) is -5.65. The fourth-order valence-electron chi connectivity index (χ4n) is 1.88. The van der Waals surface area contributed by atoms with E-state index < -0.39 is 23.4 Å². The zero-order valence-electron chi connectivity index (χ0n) is 16.4. The van der Waals surface area contributed by atoms with E-state index >= 15 is 0 Å². The molecule has 2 unspecified atom stereocenters. The molecule has 0 heterocycles. The van der Waals surface area contributed by atoms with Crippen LogP contribution in [0.5, 0.6) is 0 Å². The second-order valence-electron chi connectivity index (χ2n) is 8.02. The smallest absolute Gasteiger partial charge is 0.286 e. The summed E-state index contributed by atoms with van der Waals surface area (Å²) in [6.45, 7) is 18.0. The monoisotopic (exact) mass is 381 g/mol. The van der Waals surface area contributed by atoms with Gasteiger partial charge in [0, 0.05) is 0 Å². The van der Waals surface area contributed by atoms with Crippen LogP contribution < -0.4 is 0 Å². The summed E-state index contributed by atoms with van der Waals surface area (Å²) in [4.78, 5) is 0.288. The maximum absolute atomic E-state index is 13.0. The first-order valence-corrected chi connectivity index (χ1v) is 12.9. The third-order valence-electron chi connectivity index (χ3n) is 4.89. The van der Waals surface area contributed by atoms with Gasteiger partial charge in [0.05, 0.1) is 11.1 Å². The van der Waals surface area contributed by atoms with E-state index in [4.69, 9.17) is 4.53 Å².